The Kier molecular flexibility index (Phi) is 4.62. The molecule has 1 atom stereocenters. The molecule has 0 N–H and O–H groups in total. The fraction of sp³-hybridized carbons (Fsp3) is 0.286. The van der Waals surface area contributed by atoms with Gasteiger partial charge in [-0.05, 0) is 18.2 Å². The summed E-state index contributed by atoms with van der Waals surface area (Å²) in [6, 6.07) is 7.90. The van der Waals surface area contributed by atoms with Crippen molar-refractivity contribution in [2.45, 2.75) is 0 Å². The van der Waals surface area contributed by atoms with E-state index in [-0.39, 0.29) is 17.7 Å². The molecule has 6 heteroatoms. The molecular weight excluding hydrogens is 342 g/mol. The van der Waals surface area contributed by atoms with Crippen molar-refractivity contribution >= 4 is 23.2 Å². The third kappa shape index (κ3) is 3.30. The van der Waals surface area contributed by atoms with Gasteiger partial charge in [-0.3, -0.25) is 9.59 Å². The Balaban J connectivity index is 1.47. The number of anilines is 1. The van der Waals surface area contributed by atoms with Crippen molar-refractivity contribution in [3.8, 4) is 5.75 Å². The van der Waals surface area contributed by atoms with Crippen LogP contribution in [0.2, 0.25) is 0 Å². The van der Waals surface area contributed by atoms with Crippen molar-refractivity contribution in [1.29, 1.82) is 0 Å². The second-order valence-electron chi connectivity index (χ2n) is 6.65. The number of allylic oxidation sites excluding steroid dienone is 4. The second-order valence-corrected chi connectivity index (χ2v) is 6.65. The summed E-state index contributed by atoms with van der Waals surface area (Å²) in [5, 5.41) is 0. The van der Waals surface area contributed by atoms with Crippen LogP contribution in [0, 0.1) is 5.92 Å². The second kappa shape index (κ2) is 7.23. The molecule has 0 aromatic heterocycles. The smallest absolute Gasteiger partial charge is 0.270 e. The van der Waals surface area contributed by atoms with E-state index in [0.717, 1.165) is 11.4 Å². The minimum absolute atomic E-state index is 0.0830. The van der Waals surface area contributed by atoms with Crippen molar-refractivity contribution < 1.29 is 14.3 Å². The number of ether oxygens (including phenoxy) is 1. The van der Waals surface area contributed by atoms with Gasteiger partial charge in [0.15, 0.2) is 0 Å². The number of aliphatic imine (C=N–C) groups is 1. The summed E-state index contributed by atoms with van der Waals surface area (Å²) in [5.74, 6) is 0.155. The van der Waals surface area contributed by atoms with Gasteiger partial charge in [0.25, 0.3) is 11.8 Å². The first kappa shape index (κ1) is 17.3. The monoisotopic (exact) mass is 363 g/mol. The molecule has 1 saturated heterocycles. The zero-order valence-corrected chi connectivity index (χ0v) is 15.2. The van der Waals surface area contributed by atoms with Crippen LogP contribution >= 0.6 is 0 Å². The number of dihydropyridines is 1. The molecule has 2 aliphatic heterocycles. The number of hydrogen-bond acceptors (Lipinski definition) is 4. The molecule has 1 fully saturated rings. The third-order valence-electron chi connectivity index (χ3n) is 5.09. The van der Waals surface area contributed by atoms with E-state index in [1.165, 1.54) is 6.08 Å². The van der Waals surface area contributed by atoms with Crippen LogP contribution in [0.3, 0.4) is 0 Å². The standard InChI is InChI=1S/C21H21N3O3/c1-27-19-9-5-4-8-18(19)23-10-12-24(13-11-23)21(26)16-14-20(25)22-17-7-3-2-6-15(16)17/h2-9,14-15H,10-13H2,1H3. The molecule has 1 aliphatic carbocycles. The Morgan fingerprint density at radius 1 is 1.15 bits per heavy atom. The van der Waals surface area contributed by atoms with Gasteiger partial charge < -0.3 is 14.5 Å². The molecule has 2 heterocycles. The molecule has 6 nitrogen and oxygen atoms in total. The average Bonchev–Trinajstić information content (AvgIpc) is 2.72. The number of carbonyl (C=O) groups is 2. The number of carbonyl (C=O) groups excluding carboxylic acids is 2. The Hall–Kier alpha value is -3.15. The Bertz CT molecular complexity index is 890. The predicted octanol–water partition coefficient (Wildman–Crippen LogP) is 1.99. The minimum Gasteiger partial charge on any atom is -0.495 e. The molecule has 0 spiro atoms. The Morgan fingerprint density at radius 3 is 2.70 bits per heavy atom. The van der Waals surface area contributed by atoms with E-state index in [2.05, 4.69) is 9.89 Å². The maximum absolute atomic E-state index is 13.1. The Labute approximate surface area is 158 Å². The molecule has 138 valence electrons. The topological polar surface area (TPSA) is 62.2 Å². The molecule has 0 radical (unpaired) electrons. The first-order valence-electron chi connectivity index (χ1n) is 9.03. The quantitative estimate of drug-likeness (QED) is 0.824. The zero-order valence-electron chi connectivity index (χ0n) is 15.2. The molecule has 1 unspecified atom stereocenters. The third-order valence-corrected chi connectivity index (χ3v) is 5.09. The number of benzene rings is 1. The highest BCUT2D eigenvalue weighted by molar-refractivity contribution is 6.18. The van der Waals surface area contributed by atoms with Gasteiger partial charge in [0, 0.05) is 37.8 Å². The van der Waals surface area contributed by atoms with Crippen LogP contribution in [0.1, 0.15) is 0 Å². The molecule has 4 rings (SSSR count). The van der Waals surface area contributed by atoms with Gasteiger partial charge in [0.05, 0.1) is 24.4 Å². The highest BCUT2D eigenvalue weighted by Crippen LogP contribution is 2.29. The van der Waals surface area contributed by atoms with Crippen LogP contribution in [-0.2, 0) is 9.59 Å². The summed E-state index contributed by atoms with van der Waals surface area (Å²) >= 11 is 0. The molecular formula is C21H21N3O3. The van der Waals surface area contributed by atoms with E-state index >= 15 is 0 Å². The van der Waals surface area contributed by atoms with Crippen molar-refractivity contribution in [2.24, 2.45) is 10.9 Å². The lowest BCUT2D eigenvalue weighted by atomic mass is 9.87. The number of amides is 2. The van der Waals surface area contributed by atoms with Gasteiger partial charge in [-0.15, -0.1) is 0 Å². The fourth-order valence-electron chi connectivity index (χ4n) is 3.70. The number of nitrogens with zero attached hydrogens (tertiary/aromatic N) is 3. The molecule has 27 heavy (non-hydrogen) atoms. The lowest BCUT2D eigenvalue weighted by molar-refractivity contribution is -0.128. The van der Waals surface area contributed by atoms with E-state index in [9.17, 15) is 9.59 Å². The molecule has 1 aromatic rings. The number of piperazine rings is 1. The molecule has 2 amide bonds. The number of para-hydroxylation sites is 2. The van der Waals surface area contributed by atoms with E-state index in [1.54, 1.807) is 13.2 Å². The number of fused-ring (bicyclic) bond motifs is 1. The maximum atomic E-state index is 13.1. The minimum atomic E-state index is -0.364. The van der Waals surface area contributed by atoms with Gasteiger partial charge in [0.2, 0.25) is 0 Å². The highest BCUT2D eigenvalue weighted by atomic mass is 16.5. The van der Waals surface area contributed by atoms with Gasteiger partial charge in [-0.2, -0.15) is 0 Å². The maximum Gasteiger partial charge on any atom is 0.270 e. The summed E-state index contributed by atoms with van der Waals surface area (Å²) in [5.41, 5.74) is 2.19. The van der Waals surface area contributed by atoms with Gasteiger partial charge in [-0.25, -0.2) is 4.99 Å². The normalized spacial score (nSPS) is 21.5. The van der Waals surface area contributed by atoms with Crippen LogP contribution in [0.5, 0.6) is 5.75 Å². The van der Waals surface area contributed by atoms with E-state index < -0.39 is 0 Å². The van der Waals surface area contributed by atoms with Crippen LogP contribution in [0.4, 0.5) is 5.69 Å². The summed E-state index contributed by atoms with van der Waals surface area (Å²) in [7, 11) is 1.66. The fourth-order valence-corrected chi connectivity index (χ4v) is 3.70. The Morgan fingerprint density at radius 2 is 1.93 bits per heavy atom. The number of rotatable bonds is 3. The van der Waals surface area contributed by atoms with E-state index in [1.807, 2.05) is 47.4 Å². The average molecular weight is 363 g/mol. The summed E-state index contributed by atoms with van der Waals surface area (Å²) in [4.78, 5) is 33.0. The van der Waals surface area contributed by atoms with Crippen LogP contribution in [-0.4, -0.2) is 55.7 Å². The SMILES string of the molecule is COc1ccccc1N1CCN(C(=O)C2=CC(=O)N=C3C=CC=CC23)CC1. The van der Waals surface area contributed by atoms with Crippen molar-refractivity contribution in [1.82, 2.24) is 4.90 Å². The number of hydrogen-bond donors (Lipinski definition) is 0. The molecule has 3 aliphatic rings. The lowest BCUT2D eigenvalue weighted by Gasteiger charge is -2.37. The first-order valence-corrected chi connectivity index (χ1v) is 9.03. The summed E-state index contributed by atoms with van der Waals surface area (Å²) in [6.45, 7) is 2.63. The first-order chi connectivity index (χ1) is 13.2. The zero-order chi connectivity index (χ0) is 18.8. The van der Waals surface area contributed by atoms with Crippen molar-refractivity contribution in [3.63, 3.8) is 0 Å². The van der Waals surface area contributed by atoms with Gasteiger partial charge in [-0.1, -0.05) is 30.4 Å². The van der Waals surface area contributed by atoms with E-state index in [4.69, 9.17) is 4.74 Å². The summed E-state index contributed by atoms with van der Waals surface area (Å²) < 4.78 is 5.44. The molecule has 0 bridgehead atoms. The van der Waals surface area contributed by atoms with Gasteiger partial charge in [0.1, 0.15) is 5.75 Å². The van der Waals surface area contributed by atoms with Crippen LogP contribution in [0.25, 0.3) is 0 Å². The van der Waals surface area contributed by atoms with Crippen LogP contribution < -0.4 is 9.64 Å². The molecule has 1 aromatic carbocycles. The molecule has 0 saturated carbocycles. The van der Waals surface area contributed by atoms with E-state index in [0.29, 0.717) is 37.5 Å². The summed E-state index contributed by atoms with van der Waals surface area (Å²) in [6.07, 6.45) is 8.82. The van der Waals surface area contributed by atoms with Crippen molar-refractivity contribution in [3.05, 3.63) is 60.2 Å². The van der Waals surface area contributed by atoms with Gasteiger partial charge >= 0.3 is 0 Å². The predicted molar refractivity (Wildman–Crippen MR) is 104 cm³/mol. The largest absolute Gasteiger partial charge is 0.495 e. The van der Waals surface area contributed by atoms with Crippen LogP contribution in [0.15, 0.2) is 65.2 Å². The highest BCUT2D eigenvalue weighted by Gasteiger charge is 2.32. The lowest BCUT2D eigenvalue weighted by Crippen LogP contribution is -2.50. The van der Waals surface area contributed by atoms with Crippen molar-refractivity contribution in [2.75, 3.05) is 38.2 Å². The number of methoxy groups -OCH3 is 1.